The van der Waals surface area contributed by atoms with Crippen LogP contribution >= 0.6 is 24.0 Å². The van der Waals surface area contributed by atoms with Crippen molar-refractivity contribution in [1.29, 1.82) is 0 Å². The molecule has 1 amide bonds. The molecule has 2 aliphatic rings. The molecular weight excluding hydrogens is 523 g/mol. The summed E-state index contributed by atoms with van der Waals surface area (Å²) in [6.07, 6.45) is 5.09. The predicted molar refractivity (Wildman–Crippen MR) is 136 cm³/mol. The minimum Gasteiger partial charge on any atom is -0.484 e. The van der Waals surface area contributed by atoms with Gasteiger partial charge in [-0.3, -0.25) is 9.79 Å². The van der Waals surface area contributed by atoms with Gasteiger partial charge in [0.25, 0.3) is 5.91 Å². The Balaban J connectivity index is 0.00000363. The highest BCUT2D eigenvalue weighted by molar-refractivity contribution is 14.0. The van der Waals surface area contributed by atoms with Gasteiger partial charge in [-0.1, -0.05) is 12.1 Å². The fraction of sp³-hybridized carbons (Fsp3) is 0.652. The molecular formula is C23H37IN4O4. The molecule has 180 valence electrons. The van der Waals surface area contributed by atoms with Crippen molar-refractivity contribution in [1.82, 2.24) is 16.0 Å². The molecule has 1 aromatic rings. The van der Waals surface area contributed by atoms with Gasteiger partial charge in [0.05, 0.1) is 13.2 Å². The topological polar surface area (TPSA) is 93.2 Å². The van der Waals surface area contributed by atoms with Gasteiger partial charge in [0.15, 0.2) is 12.6 Å². The molecule has 0 bridgehead atoms. The summed E-state index contributed by atoms with van der Waals surface area (Å²) in [5.74, 6) is 2.02. The fourth-order valence-corrected chi connectivity index (χ4v) is 3.29. The van der Waals surface area contributed by atoms with Gasteiger partial charge in [-0.15, -0.1) is 24.0 Å². The van der Waals surface area contributed by atoms with Crippen molar-refractivity contribution < 1.29 is 19.0 Å². The number of nitrogens with one attached hydrogen (secondary N) is 3. The third kappa shape index (κ3) is 10.8. The fourth-order valence-electron chi connectivity index (χ4n) is 3.29. The molecule has 3 rings (SSSR count). The highest BCUT2D eigenvalue weighted by Crippen LogP contribution is 2.18. The Morgan fingerprint density at radius 1 is 1.16 bits per heavy atom. The molecule has 1 atom stereocenters. The molecule has 1 saturated heterocycles. The molecule has 0 radical (unpaired) electrons. The molecule has 1 aliphatic heterocycles. The van der Waals surface area contributed by atoms with Crippen molar-refractivity contribution in [3.05, 3.63) is 29.8 Å². The van der Waals surface area contributed by atoms with Crippen molar-refractivity contribution in [3.8, 4) is 5.75 Å². The van der Waals surface area contributed by atoms with Gasteiger partial charge in [-0.2, -0.15) is 0 Å². The number of aliphatic imine (C=N–C) groups is 1. The number of carbonyl (C=O) groups excluding carboxylic acids is 1. The number of benzene rings is 1. The van der Waals surface area contributed by atoms with Gasteiger partial charge in [-0.25, -0.2) is 0 Å². The van der Waals surface area contributed by atoms with Crippen LogP contribution in [-0.4, -0.2) is 71.1 Å². The second kappa shape index (κ2) is 15.3. The predicted octanol–water partition coefficient (Wildman–Crippen LogP) is 2.11. The number of guanidine groups is 1. The minimum absolute atomic E-state index is 0. The number of halogens is 1. The highest BCUT2D eigenvalue weighted by atomic mass is 127. The maximum absolute atomic E-state index is 11.7. The van der Waals surface area contributed by atoms with Crippen molar-refractivity contribution in [2.45, 2.75) is 38.1 Å². The number of amides is 1. The lowest BCUT2D eigenvalue weighted by molar-refractivity contribution is -0.123. The first-order valence-electron chi connectivity index (χ1n) is 11.3. The molecule has 2 fully saturated rings. The van der Waals surface area contributed by atoms with Gasteiger partial charge >= 0.3 is 0 Å². The summed E-state index contributed by atoms with van der Waals surface area (Å²) in [5.41, 5.74) is 1.20. The van der Waals surface area contributed by atoms with Gasteiger partial charge in [0.1, 0.15) is 5.75 Å². The van der Waals surface area contributed by atoms with Gasteiger partial charge < -0.3 is 30.2 Å². The van der Waals surface area contributed by atoms with Crippen LogP contribution in [0.4, 0.5) is 0 Å². The van der Waals surface area contributed by atoms with Crippen LogP contribution in [0, 0.1) is 5.92 Å². The zero-order valence-electron chi connectivity index (χ0n) is 18.9. The van der Waals surface area contributed by atoms with E-state index < -0.39 is 0 Å². The number of hydrogen-bond acceptors (Lipinski definition) is 5. The molecule has 1 saturated carbocycles. The Morgan fingerprint density at radius 3 is 2.62 bits per heavy atom. The number of carbonyl (C=O) groups is 1. The van der Waals surface area contributed by atoms with Crippen LogP contribution < -0.4 is 20.7 Å². The number of ether oxygens (including phenoxy) is 3. The normalized spacial score (nSPS) is 18.0. The van der Waals surface area contributed by atoms with Crippen LogP contribution in [0.25, 0.3) is 0 Å². The molecule has 9 heteroatoms. The van der Waals surface area contributed by atoms with E-state index in [0.717, 1.165) is 77.6 Å². The van der Waals surface area contributed by atoms with E-state index in [1.54, 1.807) is 7.05 Å². The Labute approximate surface area is 208 Å². The Hall–Kier alpha value is -1.59. The van der Waals surface area contributed by atoms with E-state index in [9.17, 15) is 4.79 Å². The molecule has 1 unspecified atom stereocenters. The van der Waals surface area contributed by atoms with Crippen LogP contribution in [0.3, 0.4) is 0 Å². The SMILES string of the molecule is CN=C(NCCCOCC1CCOC1)NCCc1ccc(OCC(=O)NC2CC2)cc1.I. The number of rotatable bonds is 13. The maximum atomic E-state index is 11.7. The average molecular weight is 560 g/mol. The Bertz CT molecular complexity index is 692. The summed E-state index contributed by atoms with van der Waals surface area (Å²) in [7, 11) is 1.78. The number of nitrogens with zero attached hydrogens (tertiary/aromatic N) is 1. The van der Waals surface area contributed by atoms with Gasteiger partial charge in [-0.05, 0) is 49.8 Å². The first-order valence-corrected chi connectivity index (χ1v) is 11.3. The summed E-state index contributed by atoms with van der Waals surface area (Å²) in [6.45, 7) is 4.92. The summed E-state index contributed by atoms with van der Waals surface area (Å²) in [5, 5.41) is 9.56. The lowest BCUT2D eigenvalue weighted by Gasteiger charge is -2.13. The van der Waals surface area contributed by atoms with Crippen molar-refractivity contribution in [3.63, 3.8) is 0 Å². The summed E-state index contributed by atoms with van der Waals surface area (Å²) in [6, 6.07) is 8.23. The van der Waals surface area contributed by atoms with Crippen LogP contribution in [0.5, 0.6) is 5.75 Å². The van der Waals surface area contributed by atoms with Gasteiger partial charge in [0, 0.05) is 45.3 Å². The van der Waals surface area contributed by atoms with Crippen LogP contribution in [0.2, 0.25) is 0 Å². The molecule has 1 aromatic carbocycles. The van der Waals surface area contributed by atoms with E-state index in [2.05, 4.69) is 20.9 Å². The van der Waals surface area contributed by atoms with E-state index in [4.69, 9.17) is 14.2 Å². The van der Waals surface area contributed by atoms with Crippen LogP contribution in [0.15, 0.2) is 29.3 Å². The Morgan fingerprint density at radius 2 is 1.94 bits per heavy atom. The molecule has 0 aromatic heterocycles. The molecule has 8 nitrogen and oxygen atoms in total. The van der Waals surface area contributed by atoms with Gasteiger partial charge in [0.2, 0.25) is 0 Å². The summed E-state index contributed by atoms with van der Waals surface area (Å²) in [4.78, 5) is 15.9. The lowest BCUT2D eigenvalue weighted by atomic mass is 10.1. The van der Waals surface area contributed by atoms with E-state index >= 15 is 0 Å². The van der Waals surface area contributed by atoms with Crippen LogP contribution in [0.1, 0.15) is 31.2 Å². The minimum atomic E-state index is -0.0513. The highest BCUT2D eigenvalue weighted by Gasteiger charge is 2.23. The van der Waals surface area contributed by atoms with E-state index in [-0.39, 0.29) is 36.5 Å². The molecule has 3 N–H and O–H groups in total. The van der Waals surface area contributed by atoms with E-state index in [1.165, 1.54) is 5.56 Å². The first-order chi connectivity index (χ1) is 15.2. The lowest BCUT2D eigenvalue weighted by Crippen LogP contribution is -2.39. The van der Waals surface area contributed by atoms with E-state index in [1.807, 2.05) is 24.3 Å². The summed E-state index contributed by atoms with van der Waals surface area (Å²) >= 11 is 0. The second-order valence-electron chi connectivity index (χ2n) is 8.11. The standard InChI is InChI=1S/C23H36N4O4.HI/c1-24-23(25-11-2-13-29-15-19-10-14-30-16-19)26-12-9-18-3-7-21(8-4-18)31-17-22(28)27-20-5-6-20;/h3-4,7-8,19-20H,2,5-6,9-17H2,1H3,(H,27,28)(H2,24,25,26);1H. The van der Waals surface area contributed by atoms with Crippen LogP contribution in [-0.2, 0) is 20.7 Å². The largest absolute Gasteiger partial charge is 0.484 e. The molecule has 0 spiro atoms. The third-order valence-electron chi connectivity index (χ3n) is 5.30. The smallest absolute Gasteiger partial charge is 0.258 e. The number of hydrogen-bond donors (Lipinski definition) is 3. The second-order valence-corrected chi connectivity index (χ2v) is 8.11. The Kier molecular flexibility index (Phi) is 12.7. The maximum Gasteiger partial charge on any atom is 0.258 e. The zero-order chi connectivity index (χ0) is 21.7. The van der Waals surface area contributed by atoms with Crippen molar-refractivity contribution in [2.75, 3.05) is 53.2 Å². The molecule has 32 heavy (non-hydrogen) atoms. The summed E-state index contributed by atoms with van der Waals surface area (Å²) < 4.78 is 16.6. The average Bonchev–Trinajstić information content (AvgIpc) is 3.44. The van der Waals surface area contributed by atoms with Crippen molar-refractivity contribution >= 4 is 35.8 Å². The first kappa shape index (κ1) is 26.7. The molecule has 1 aliphatic carbocycles. The van der Waals surface area contributed by atoms with Crippen molar-refractivity contribution in [2.24, 2.45) is 10.9 Å². The van der Waals surface area contributed by atoms with E-state index in [0.29, 0.717) is 17.7 Å². The monoisotopic (exact) mass is 560 g/mol. The third-order valence-corrected chi connectivity index (χ3v) is 5.30. The quantitative estimate of drug-likeness (QED) is 0.148. The molecule has 1 heterocycles. The zero-order valence-corrected chi connectivity index (χ0v) is 21.3.